The van der Waals surface area contributed by atoms with Crippen molar-refractivity contribution in [3.8, 4) is 22.1 Å². The minimum atomic E-state index is 0.704. The number of hydrogen-bond acceptors (Lipinski definition) is 7. The van der Waals surface area contributed by atoms with Gasteiger partial charge in [-0.3, -0.25) is 5.43 Å². The van der Waals surface area contributed by atoms with Crippen molar-refractivity contribution in [1.82, 2.24) is 4.98 Å². The predicted molar refractivity (Wildman–Crippen MR) is 115 cm³/mol. The van der Waals surface area contributed by atoms with Crippen molar-refractivity contribution in [3.63, 3.8) is 0 Å². The van der Waals surface area contributed by atoms with E-state index in [1.165, 1.54) is 24.2 Å². The zero-order valence-corrected chi connectivity index (χ0v) is 17.1. The van der Waals surface area contributed by atoms with E-state index in [-0.39, 0.29) is 0 Å². The van der Waals surface area contributed by atoms with Gasteiger partial charge in [0.25, 0.3) is 0 Å². The van der Waals surface area contributed by atoms with Crippen LogP contribution in [-0.4, -0.2) is 24.9 Å². The molecular formula is C20H23N3O2S2. The molecule has 0 amide bonds. The number of anilines is 1. The van der Waals surface area contributed by atoms with Gasteiger partial charge in [0.1, 0.15) is 0 Å². The van der Waals surface area contributed by atoms with E-state index < -0.39 is 0 Å². The van der Waals surface area contributed by atoms with Gasteiger partial charge in [-0.15, -0.1) is 22.7 Å². The number of thiazole rings is 1. The molecule has 5 nitrogen and oxygen atoms in total. The largest absolute Gasteiger partial charge is 0.493 e. The predicted octanol–water partition coefficient (Wildman–Crippen LogP) is 5.90. The number of hydrogen-bond donors (Lipinski definition) is 1. The summed E-state index contributed by atoms with van der Waals surface area (Å²) in [6.45, 7) is 2.88. The lowest BCUT2D eigenvalue weighted by Crippen LogP contribution is -2.00. The van der Waals surface area contributed by atoms with Crippen molar-refractivity contribution in [1.29, 1.82) is 0 Å². The van der Waals surface area contributed by atoms with E-state index in [1.807, 2.05) is 35.0 Å². The lowest BCUT2D eigenvalue weighted by Gasteiger charge is -2.11. The Morgan fingerprint density at radius 1 is 1.19 bits per heavy atom. The molecule has 0 radical (unpaired) electrons. The number of thiophene rings is 1. The van der Waals surface area contributed by atoms with Gasteiger partial charge in [0.15, 0.2) is 11.5 Å². The minimum absolute atomic E-state index is 0.704. The Labute approximate surface area is 167 Å². The second-order valence-corrected chi connectivity index (χ2v) is 7.66. The molecule has 0 bridgehead atoms. The van der Waals surface area contributed by atoms with Gasteiger partial charge in [0.05, 0.1) is 30.5 Å². The van der Waals surface area contributed by atoms with E-state index in [0.29, 0.717) is 12.4 Å². The molecule has 27 heavy (non-hydrogen) atoms. The summed E-state index contributed by atoms with van der Waals surface area (Å²) < 4.78 is 11.2. The number of unbranched alkanes of at least 4 members (excludes halogenated alkanes) is 2. The van der Waals surface area contributed by atoms with E-state index in [4.69, 9.17) is 9.47 Å². The van der Waals surface area contributed by atoms with Gasteiger partial charge in [-0.1, -0.05) is 25.8 Å². The lowest BCUT2D eigenvalue weighted by atomic mass is 10.2. The summed E-state index contributed by atoms with van der Waals surface area (Å²) in [5.41, 5.74) is 4.88. The Morgan fingerprint density at radius 2 is 2.11 bits per heavy atom. The highest BCUT2D eigenvalue weighted by atomic mass is 32.1. The summed E-state index contributed by atoms with van der Waals surface area (Å²) >= 11 is 3.21. The molecule has 2 heterocycles. The van der Waals surface area contributed by atoms with Crippen molar-refractivity contribution in [2.75, 3.05) is 19.1 Å². The van der Waals surface area contributed by atoms with Crippen molar-refractivity contribution >= 4 is 34.0 Å². The SMILES string of the molecule is CCCCCOc1ccc(/C=N\Nc2nc(-c3cccs3)cs2)cc1OC. The van der Waals surface area contributed by atoms with Crippen LogP contribution >= 0.6 is 22.7 Å². The molecule has 3 aromatic rings. The molecule has 0 saturated carbocycles. The third kappa shape index (κ3) is 5.55. The highest BCUT2D eigenvalue weighted by Gasteiger charge is 2.06. The van der Waals surface area contributed by atoms with Gasteiger partial charge < -0.3 is 9.47 Å². The second kappa shape index (κ2) is 10.1. The van der Waals surface area contributed by atoms with E-state index in [0.717, 1.165) is 33.4 Å². The Morgan fingerprint density at radius 3 is 2.89 bits per heavy atom. The summed E-state index contributed by atoms with van der Waals surface area (Å²) in [6.07, 6.45) is 5.14. The third-order valence-electron chi connectivity index (χ3n) is 3.84. The summed E-state index contributed by atoms with van der Waals surface area (Å²) in [5.74, 6) is 1.48. The molecule has 3 rings (SSSR count). The third-order valence-corrected chi connectivity index (χ3v) is 5.48. The van der Waals surface area contributed by atoms with Gasteiger partial charge in [-0.05, 0) is 41.6 Å². The van der Waals surface area contributed by atoms with Crippen molar-refractivity contribution in [2.24, 2.45) is 5.10 Å². The first-order chi connectivity index (χ1) is 13.3. The Balaban J connectivity index is 1.58. The van der Waals surface area contributed by atoms with Gasteiger partial charge >= 0.3 is 0 Å². The monoisotopic (exact) mass is 401 g/mol. The maximum atomic E-state index is 5.80. The van der Waals surface area contributed by atoms with Crippen molar-refractivity contribution < 1.29 is 9.47 Å². The average Bonchev–Trinajstić information content (AvgIpc) is 3.37. The number of benzene rings is 1. The van der Waals surface area contributed by atoms with Crippen molar-refractivity contribution in [3.05, 3.63) is 46.7 Å². The summed E-state index contributed by atoms with van der Waals surface area (Å²) in [5, 5.41) is 9.11. The first-order valence-electron chi connectivity index (χ1n) is 8.89. The molecule has 0 aliphatic carbocycles. The van der Waals surface area contributed by atoms with Gasteiger partial charge in [-0.2, -0.15) is 5.10 Å². The van der Waals surface area contributed by atoms with Crippen LogP contribution < -0.4 is 14.9 Å². The van der Waals surface area contributed by atoms with Crippen molar-refractivity contribution in [2.45, 2.75) is 26.2 Å². The Kier molecular flexibility index (Phi) is 7.24. The summed E-state index contributed by atoms with van der Waals surface area (Å²) in [6, 6.07) is 9.88. The summed E-state index contributed by atoms with van der Waals surface area (Å²) in [7, 11) is 1.65. The number of ether oxygens (including phenoxy) is 2. The van der Waals surface area contributed by atoms with Crippen LogP contribution in [0.25, 0.3) is 10.6 Å². The standard InChI is InChI=1S/C20H23N3O2S2/c1-3-4-5-10-25-17-9-8-15(12-18(17)24-2)13-21-23-20-22-16(14-27-20)19-7-6-11-26-19/h6-9,11-14H,3-5,10H2,1-2H3,(H,22,23)/b21-13-. The van der Waals surface area contributed by atoms with Crippen LogP contribution in [0.1, 0.15) is 31.7 Å². The number of rotatable bonds is 10. The van der Waals surface area contributed by atoms with Gasteiger partial charge in [0.2, 0.25) is 5.13 Å². The first-order valence-corrected chi connectivity index (χ1v) is 10.7. The summed E-state index contributed by atoms with van der Waals surface area (Å²) in [4.78, 5) is 5.70. The van der Waals surface area contributed by atoms with Crippen LogP contribution in [-0.2, 0) is 0 Å². The molecule has 7 heteroatoms. The molecule has 0 saturated heterocycles. The quantitative estimate of drug-likeness (QED) is 0.261. The first kappa shape index (κ1) is 19.4. The lowest BCUT2D eigenvalue weighted by molar-refractivity contribution is 0.286. The molecule has 1 N–H and O–H groups in total. The van der Waals surface area contributed by atoms with Crippen LogP contribution in [0.5, 0.6) is 11.5 Å². The zero-order chi connectivity index (χ0) is 18.9. The molecule has 0 spiro atoms. The van der Waals surface area contributed by atoms with Gasteiger partial charge in [-0.25, -0.2) is 4.98 Å². The number of methoxy groups -OCH3 is 1. The van der Waals surface area contributed by atoms with E-state index in [2.05, 4.69) is 28.5 Å². The normalized spacial score (nSPS) is 11.0. The Hall–Kier alpha value is -2.38. The molecule has 0 aliphatic heterocycles. The topological polar surface area (TPSA) is 55.7 Å². The van der Waals surface area contributed by atoms with E-state index in [1.54, 1.807) is 24.7 Å². The number of hydrazone groups is 1. The average molecular weight is 402 g/mol. The highest BCUT2D eigenvalue weighted by molar-refractivity contribution is 7.15. The van der Waals surface area contributed by atoms with Crippen LogP contribution in [0.2, 0.25) is 0 Å². The molecule has 0 fully saturated rings. The molecule has 0 atom stereocenters. The highest BCUT2D eigenvalue weighted by Crippen LogP contribution is 2.29. The maximum absolute atomic E-state index is 5.80. The maximum Gasteiger partial charge on any atom is 0.203 e. The number of nitrogens with zero attached hydrogens (tertiary/aromatic N) is 2. The fourth-order valence-electron chi connectivity index (χ4n) is 2.44. The second-order valence-electron chi connectivity index (χ2n) is 5.85. The van der Waals surface area contributed by atoms with Gasteiger partial charge in [0, 0.05) is 5.38 Å². The van der Waals surface area contributed by atoms with Crippen LogP contribution in [0, 0.1) is 0 Å². The van der Waals surface area contributed by atoms with Crippen LogP contribution in [0.3, 0.4) is 0 Å². The molecular weight excluding hydrogens is 378 g/mol. The van der Waals surface area contributed by atoms with E-state index in [9.17, 15) is 0 Å². The van der Waals surface area contributed by atoms with E-state index >= 15 is 0 Å². The number of aromatic nitrogens is 1. The molecule has 1 aromatic carbocycles. The fraction of sp³-hybridized carbons (Fsp3) is 0.300. The van der Waals surface area contributed by atoms with Crippen LogP contribution in [0.4, 0.5) is 5.13 Å². The molecule has 0 unspecified atom stereocenters. The smallest absolute Gasteiger partial charge is 0.203 e. The molecule has 0 aliphatic rings. The minimum Gasteiger partial charge on any atom is -0.493 e. The van der Waals surface area contributed by atoms with Crippen LogP contribution in [0.15, 0.2) is 46.2 Å². The Bertz CT molecular complexity index is 860. The molecule has 2 aromatic heterocycles. The molecule has 142 valence electrons. The fourth-order valence-corrected chi connectivity index (χ4v) is 3.86. The number of nitrogens with one attached hydrogen (secondary N) is 1. The zero-order valence-electron chi connectivity index (χ0n) is 15.5.